The summed E-state index contributed by atoms with van der Waals surface area (Å²) < 4.78 is 11.0. The molecule has 1 heterocycles. The summed E-state index contributed by atoms with van der Waals surface area (Å²) in [5.74, 6) is 1.81. The van der Waals surface area contributed by atoms with Crippen LogP contribution in [0.2, 0.25) is 5.02 Å². The second kappa shape index (κ2) is 8.22. The maximum Gasteiger partial charge on any atom is 0.223 e. The fraction of sp³-hybridized carbons (Fsp3) is 0.409. The van der Waals surface area contributed by atoms with Gasteiger partial charge in [-0.15, -0.1) is 0 Å². The van der Waals surface area contributed by atoms with Crippen molar-refractivity contribution in [3.8, 4) is 11.5 Å². The van der Waals surface area contributed by atoms with Crippen LogP contribution in [0.3, 0.4) is 0 Å². The van der Waals surface area contributed by atoms with Gasteiger partial charge >= 0.3 is 0 Å². The molecule has 1 atom stereocenters. The Morgan fingerprint density at radius 2 is 1.81 bits per heavy atom. The molecule has 0 bridgehead atoms. The van der Waals surface area contributed by atoms with Crippen LogP contribution in [-0.2, 0) is 11.2 Å². The van der Waals surface area contributed by atoms with Gasteiger partial charge in [0.25, 0.3) is 0 Å². The van der Waals surface area contributed by atoms with Crippen molar-refractivity contribution in [2.24, 2.45) is 5.92 Å². The first kappa shape index (κ1) is 19.6. The third-order valence-electron chi connectivity index (χ3n) is 4.98. The Morgan fingerprint density at radius 1 is 1.15 bits per heavy atom. The number of benzene rings is 2. The van der Waals surface area contributed by atoms with Crippen molar-refractivity contribution in [2.75, 3.05) is 20.8 Å². The van der Waals surface area contributed by atoms with Gasteiger partial charge in [-0.1, -0.05) is 43.6 Å². The number of nitrogens with zero attached hydrogens (tertiary/aromatic N) is 1. The van der Waals surface area contributed by atoms with Crippen LogP contribution >= 0.6 is 11.6 Å². The Morgan fingerprint density at radius 3 is 2.44 bits per heavy atom. The molecule has 27 heavy (non-hydrogen) atoms. The van der Waals surface area contributed by atoms with Crippen molar-refractivity contribution in [2.45, 2.75) is 32.7 Å². The van der Waals surface area contributed by atoms with E-state index in [0.717, 1.165) is 23.1 Å². The van der Waals surface area contributed by atoms with Crippen LogP contribution < -0.4 is 9.47 Å². The molecular formula is C22H26ClNO3. The van der Waals surface area contributed by atoms with Crippen molar-refractivity contribution in [1.29, 1.82) is 0 Å². The van der Waals surface area contributed by atoms with Gasteiger partial charge in [0.15, 0.2) is 11.5 Å². The fourth-order valence-electron chi connectivity index (χ4n) is 3.71. The number of hydrogen-bond acceptors (Lipinski definition) is 3. The Balaban J connectivity index is 2.15. The van der Waals surface area contributed by atoms with E-state index in [1.54, 1.807) is 14.2 Å². The third-order valence-corrected chi connectivity index (χ3v) is 5.32. The van der Waals surface area contributed by atoms with Gasteiger partial charge in [-0.2, -0.15) is 0 Å². The van der Waals surface area contributed by atoms with Crippen molar-refractivity contribution >= 4 is 17.5 Å². The number of halogens is 1. The van der Waals surface area contributed by atoms with E-state index < -0.39 is 0 Å². The molecular weight excluding hydrogens is 362 g/mol. The number of carbonyl (C=O) groups excluding carboxylic acids is 1. The number of fused-ring (bicyclic) bond motifs is 1. The standard InChI is InChI=1S/C22H26ClNO3/c1-14(2)11-21(25)24-10-9-15-12-19(26-3)20(27-4)13-17(15)22(24)16-7-5-6-8-18(16)23/h5-8,12-14,22H,9-11H2,1-4H3/t22-/m1/s1. The zero-order valence-electron chi connectivity index (χ0n) is 16.3. The molecule has 0 unspecified atom stereocenters. The molecule has 4 nitrogen and oxygen atoms in total. The number of methoxy groups -OCH3 is 2. The highest BCUT2D eigenvalue weighted by Gasteiger charge is 2.34. The molecule has 3 rings (SSSR count). The number of hydrogen-bond donors (Lipinski definition) is 0. The van der Waals surface area contributed by atoms with E-state index in [-0.39, 0.29) is 11.9 Å². The lowest BCUT2D eigenvalue weighted by Gasteiger charge is -2.39. The molecule has 1 amide bonds. The number of amides is 1. The van der Waals surface area contributed by atoms with Crippen LogP contribution in [0.25, 0.3) is 0 Å². The van der Waals surface area contributed by atoms with Gasteiger partial charge in [0.05, 0.1) is 20.3 Å². The van der Waals surface area contributed by atoms with Gasteiger partial charge in [-0.25, -0.2) is 0 Å². The monoisotopic (exact) mass is 387 g/mol. The molecule has 2 aromatic carbocycles. The molecule has 0 aromatic heterocycles. The van der Waals surface area contributed by atoms with Gasteiger partial charge in [-0.3, -0.25) is 4.79 Å². The summed E-state index contributed by atoms with van der Waals surface area (Å²) >= 11 is 6.54. The van der Waals surface area contributed by atoms with E-state index in [1.165, 1.54) is 0 Å². The zero-order valence-corrected chi connectivity index (χ0v) is 17.0. The molecule has 0 radical (unpaired) electrons. The van der Waals surface area contributed by atoms with Gasteiger partial charge in [0, 0.05) is 18.0 Å². The van der Waals surface area contributed by atoms with Crippen molar-refractivity contribution in [3.63, 3.8) is 0 Å². The Bertz CT molecular complexity index is 834. The Labute approximate surface area is 166 Å². The lowest BCUT2D eigenvalue weighted by molar-refractivity contribution is -0.134. The first-order valence-corrected chi connectivity index (χ1v) is 9.62. The average molecular weight is 388 g/mol. The summed E-state index contributed by atoms with van der Waals surface area (Å²) in [4.78, 5) is 15.0. The summed E-state index contributed by atoms with van der Waals surface area (Å²) in [5.41, 5.74) is 3.14. The molecule has 1 aliphatic rings. The summed E-state index contributed by atoms with van der Waals surface area (Å²) in [6, 6.07) is 11.5. The largest absolute Gasteiger partial charge is 0.493 e. The quantitative estimate of drug-likeness (QED) is 0.734. The average Bonchev–Trinajstić information content (AvgIpc) is 2.65. The fourth-order valence-corrected chi connectivity index (χ4v) is 3.95. The zero-order chi connectivity index (χ0) is 19.6. The van der Waals surface area contributed by atoms with Crippen LogP contribution in [0.4, 0.5) is 0 Å². The van der Waals surface area contributed by atoms with E-state index in [1.807, 2.05) is 41.3 Å². The minimum atomic E-state index is -0.228. The maximum absolute atomic E-state index is 13.0. The highest BCUT2D eigenvalue weighted by molar-refractivity contribution is 6.31. The summed E-state index contributed by atoms with van der Waals surface area (Å²) in [6.07, 6.45) is 1.30. The van der Waals surface area contributed by atoms with E-state index in [9.17, 15) is 4.79 Å². The molecule has 5 heteroatoms. The highest BCUT2D eigenvalue weighted by atomic mass is 35.5. The van der Waals surface area contributed by atoms with E-state index >= 15 is 0 Å². The van der Waals surface area contributed by atoms with Crippen molar-refractivity contribution in [3.05, 3.63) is 58.1 Å². The summed E-state index contributed by atoms with van der Waals surface area (Å²) in [7, 11) is 3.26. The lowest BCUT2D eigenvalue weighted by atomic mass is 9.87. The molecule has 0 N–H and O–H groups in total. The Hall–Kier alpha value is -2.20. The topological polar surface area (TPSA) is 38.8 Å². The molecule has 2 aromatic rings. The van der Waals surface area contributed by atoms with Crippen molar-refractivity contribution in [1.82, 2.24) is 4.90 Å². The number of carbonyl (C=O) groups is 1. The van der Waals surface area contributed by atoms with Crippen LogP contribution in [0, 0.1) is 5.92 Å². The molecule has 0 spiro atoms. The second-order valence-corrected chi connectivity index (χ2v) is 7.67. The Kier molecular flexibility index (Phi) is 5.95. The number of rotatable bonds is 5. The molecule has 0 aliphatic carbocycles. The predicted molar refractivity (Wildman–Crippen MR) is 108 cm³/mol. The third kappa shape index (κ3) is 3.91. The summed E-state index contributed by atoms with van der Waals surface area (Å²) in [6.45, 7) is 4.78. The van der Waals surface area contributed by atoms with Crippen molar-refractivity contribution < 1.29 is 14.3 Å². The second-order valence-electron chi connectivity index (χ2n) is 7.27. The first-order valence-electron chi connectivity index (χ1n) is 9.25. The minimum Gasteiger partial charge on any atom is -0.493 e. The molecule has 1 aliphatic heterocycles. The van der Waals surface area contributed by atoms with Crippen LogP contribution in [0.1, 0.15) is 43.0 Å². The SMILES string of the molecule is COc1cc2c(cc1OC)[C@@H](c1ccccc1Cl)N(C(=O)CC(C)C)CC2. The molecule has 0 saturated heterocycles. The molecule has 0 fully saturated rings. The van der Waals surface area contributed by atoms with Gasteiger partial charge in [0.2, 0.25) is 5.91 Å². The number of ether oxygens (including phenoxy) is 2. The van der Waals surface area contributed by atoms with Gasteiger partial charge in [0.1, 0.15) is 0 Å². The van der Waals surface area contributed by atoms with E-state index in [4.69, 9.17) is 21.1 Å². The highest BCUT2D eigenvalue weighted by Crippen LogP contribution is 2.43. The van der Waals surface area contributed by atoms with Crippen LogP contribution in [-0.4, -0.2) is 31.6 Å². The van der Waals surface area contributed by atoms with Crippen LogP contribution in [0.15, 0.2) is 36.4 Å². The molecule has 0 saturated carbocycles. The summed E-state index contributed by atoms with van der Waals surface area (Å²) in [5, 5.41) is 0.660. The van der Waals surface area contributed by atoms with E-state index in [2.05, 4.69) is 13.8 Å². The predicted octanol–water partition coefficient (Wildman–Crippen LogP) is 4.88. The van der Waals surface area contributed by atoms with Gasteiger partial charge in [-0.05, 0) is 47.2 Å². The van der Waals surface area contributed by atoms with Crippen LogP contribution in [0.5, 0.6) is 11.5 Å². The normalized spacial score (nSPS) is 16.2. The first-order chi connectivity index (χ1) is 13.0. The van der Waals surface area contributed by atoms with E-state index in [0.29, 0.717) is 35.4 Å². The maximum atomic E-state index is 13.0. The molecule has 144 valence electrons. The smallest absolute Gasteiger partial charge is 0.223 e. The van der Waals surface area contributed by atoms with Gasteiger partial charge < -0.3 is 14.4 Å². The lowest BCUT2D eigenvalue weighted by Crippen LogP contribution is -2.41. The minimum absolute atomic E-state index is 0.148.